The van der Waals surface area contributed by atoms with E-state index in [0.717, 1.165) is 0 Å². The minimum atomic E-state index is -0.516. The fourth-order valence-corrected chi connectivity index (χ4v) is 3.36. The number of methoxy groups -OCH3 is 2. The van der Waals surface area contributed by atoms with Crippen LogP contribution in [-0.4, -0.2) is 57.5 Å². The van der Waals surface area contributed by atoms with Crippen molar-refractivity contribution in [2.75, 3.05) is 45.1 Å². The normalized spacial score (nSPS) is 15.7. The summed E-state index contributed by atoms with van der Waals surface area (Å²) in [6, 6.07) is 11.9. The molecule has 1 heterocycles. The van der Waals surface area contributed by atoms with Crippen molar-refractivity contribution >= 4 is 29.1 Å². The molecule has 1 unspecified atom stereocenters. The maximum absolute atomic E-state index is 12.8. The highest BCUT2D eigenvalue weighted by Gasteiger charge is 2.36. The van der Waals surface area contributed by atoms with E-state index in [1.54, 1.807) is 68.6 Å². The summed E-state index contributed by atoms with van der Waals surface area (Å²) in [6.07, 6.45) is 0.0946. The molecule has 8 heteroatoms. The van der Waals surface area contributed by atoms with Crippen molar-refractivity contribution in [3.63, 3.8) is 0 Å². The molecule has 8 nitrogen and oxygen atoms in total. The second kappa shape index (κ2) is 8.86. The molecule has 1 saturated heterocycles. The highest BCUT2D eigenvalue weighted by molar-refractivity contribution is 6.04. The lowest BCUT2D eigenvalue weighted by atomic mass is 10.1. The minimum absolute atomic E-state index is 0.0946. The van der Waals surface area contributed by atoms with Gasteiger partial charge >= 0.3 is 0 Å². The Kier molecular flexibility index (Phi) is 6.25. The molecule has 3 amide bonds. The lowest BCUT2D eigenvalue weighted by Crippen LogP contribution is -2.28. The number of benzene rings is 2. The molecular weight excluding hydrogens is 386 g/mol. The zero-order valence-corrected chi connectivity index (χ0v) is 17.5. The van der Waals surface area contributed by atoms with Gasteiger partial charge < -0.3 is 24.6 Å². The van der Waals surface area contributed by atoms with E-state index in [1.165, 1.54) is 12.0 Å². The smallest absolute Gasteiger partial charge is 0.253 e. The van der Waals surface area contributed by atoms with Gasteiger partial charge in [-0.05, 0) is 30.3 Å². The van der Waals surface area contributed by atoms with Gasteiger partial charge in [-0.25, -0.2) is 0 Å². The van der Waals surface area contributed by atoms with Crippen LogP contribution in [0.1, 0.15) is 16.8 Å². The first kappa shape index (κ1) is 21.2. The predicted molar refractivity (Wildman–Crippen MR) is 113 cm³/mol. The van der Waals surface area contributed by atoms with Gasteiger partial charge in [-0.15, -0.1) is 0 Å². The number of carbonyl (C=O) groups is 3. The Bertz CT molecular complexity index is 973. The molecular formula is C22H25N3O5. The molecule has 30 heavy (non-hydrogen) atoms. The Morgan fingerprint density at radius 1 is 1.10 bits per heavy atom. The second-order valence-corrected chi connectivity index (χ2v) is 7.21. The van der Waals surface area contributed by atoms with Crippen LogP contribution >= 0.6 is 0 Å². The second-order valence-electron chi connectivity index (χ2n) is 7.21. The van der Waals surface area contributed by atoms with Crippen molar-refractivity contribution in [2.24, 2.45) is 5.92 Å². The molecule has 2 aromatic carbocycles. The lowest BCUT2D eigenvalue weighted by molar-refractivity contribution is -0.122. The Balaban J connectivity index is 1.73. The van der Waals surface area contributed by atoms with E-state index in [4.69, 9.17) is 9.47 Å². The zero-order chi connectivity index (χ0) is 21.8. The van der Waals surface area contributed by atoms with E-state index >= 15 is 0 Å². The SMILES string of the molecule is COc1ccc(N2CC(C(=O)Nc3cccc(C(=O)N(C)C)c3)CC2=O)c(OC)c1. The van der Waals surface area contributed by atoms with Crippen LogP contribution in [0.3, 0.4) is 0 Å². The summed E-state index contributed by atoms with van der Waals surface area (Å²) in [5.41, 5.74) is 1.59. The van der Waals surface area contributed by atoms with Crippen molar-refractivity contribution in [3.05, 3.63) is 48.0 Å². The van der Waals surface area contributed by atoms with Crippen molar-refractivity contribution in [1.82, 2.24) is 4.90 Å². The Morgan fingerprint density at radius 2 is 1.87 bits per heavy atom. The molecule has 0 aromatic heterocycles. The van der Waals surface area contributed by atoms with E-state index in [1.807, 2.05) is 0 Å². The van der Waals surface area contributed by atoms with Gasteiger partial charge in [-0.3, -0.25) is 14.4 Å². The summed E-state index contributed by atoms with van der Waals surface area (Å²) >= 11 is 0. The summed E-state index contributed by atoms with van der Waals surface area (Å²) in [5.74, 6) is 0.0164. The molecule has 1 aliphatic heterocycles. The van der Waals surface area contributed by atoms with Crippen LogP contribution in [0.25, 0.3) is 0 Å². The number of anilines is 2. The minimum Gasteiger partial charge on any atom is -0.497 e. The first-order chi connectivity index (χ1) is 14.3. The molecule has 2 aromatic rings. The third-order valence-corrected chi connectivity index (χ3v) is 4.96. The third kappa shape index (κ3) is 4.37. The maximum atomic E-state index is 12.8. The quantitative estimate of drug-likeness (QED) is 0.789. The molecule has 1 N–H and O–H groups in total. The van der Waals surface area contributed by atoms with Gasteiger partial charge in [0.2, 0.25) is 11.8 Å². The largest absolute Gasteiger partial charge is 0.497 e. The van der Waals surface area contributed by atoms with E-state index in [-0.39, 0.29) is 30.7 Å². The standard InChI is InChI=1S/C22H25N3O5/c1-24(2)22(28)14-6-5-7-16(10-14)23-21(27)15-11-20(26)25(13-15)18-9-8-17(29-3)12-19(18)30-4/h5-10,12,15H,11,13H2,1-4H3,(H,23,27). The van der Waals surface area contributed by atoms with Crippen LogP contribution < -0.4 is 19.7 Å². The summed E-state index contributed by atoms with van der Waals surface area (Å²) in [5, 5.41) is 2.82. The Morgan fingerprint density at radius 3 is 2.53 bits per heavy atom. The summed E-state index contributed by atoms with van der Waals surface area (Å²) in [4.78, 5) is 40.5. The van der Waals surface area contributed by atoms with Crippen molar-refractivity contribution in [3.8, 4) is 11.5 Å². The number of nitrogens with one attached hydrogen (secondary N) is 1. The summed E-state index contributed by atoms with van der Waals surface area (Å²) in [7, 11) is 6.40. The molecule has 3 rings (SSSR count). The number of amides is 3. The van der Waals surface area contributed by atoms with Gasteiger partial charge in [0.15, 0.2) is 0 Å². The monoisotopic (exact) mass is 411 g/mol. The number of hydrogen-bond donors (Lipinski definition) is 1. The highest BCUT2D eigenvalue weighted by Crippen LogP contribution is 2.36. The molecule has 0 bridgehead atoms. The molecule has 1 atom stereocenters. The topological polar surface area (TPSA) is 88.2 Å². The van der Waals surface area contributed by atoms with Crippen LogP contribution in [0, 0.1) is 5.92 Å². The van der Waals surface area contributed by atoms with E-state index in [2.05, 4.69) is 5.32 Å². The van der Waals surface area contributed by atoms with Gasteiger partial charge in [-0.2, -0.15) is 0 Å². The fraction of sp³-hybridized carbons (Fsp3) is 0.318. The molecule has 158 valence electrons. The van der Waals surface area contributed by atoms with E-state index in [0.29, 0.717) is 28.4 Å². The first-order valence-electron chi connectivity index (χ1n) is 9.49. The molecule has 0 radical (unpaired) electrons. The van der Waals surface area contributed by atoms with Gasteiger partial charge in [0.25, 0.3) is 5.91 Å². The average molecular weight is 411 g/mol. The van der Waals surface area contributed by atoms with Crippen LogP contribution in [0.5, 0.6) is 11.5 Å². The van der Waals surface area contributed by atoms with Crippen LogP contribution in [0.4, 0.5) is 11.4 Å². The fourth-order valence-electron chi connectivity index (χ4n) is 3.36. The first-order valence-corrected chi connectivity index (χ1v) is 9.49. The van der Waals surface area contributed by atoms with Crippen LogP contribution in [-0.2, 0) is 9.59 Å². The van der Waals surface area contributed by atoms with Gasteiger partial charge in [0.05, 0.1) is 25.8 Å². The van der Waals surface area contributed by atoms with Crippen molar-refractivity contribution in [1.29, 1.82) is 0 Å². The van der Waals surface area contributed by atoms with Crippen molar-refractivity contribution in [2.45, 2.75) is 6.42 Å². The number of carbonyl (C=O) groups excluding carboxylic acids is 3. The third-order valence-electron chi connectivity index (χ3n) is 4.96. The lowest BCUT2D eigenvalue weighted by Gasteiger charge is -2.20. The Hall–Kier alpha value is -3.55. The molecule has 1 aliphatic rings. The number of hydrogen-bond acceptors (Lipinski definition) is 5. The molecule has 0 spiro atoms. The highest BCUT2D eigenvalue weighted by atomic mass is 16.5. The molecule has 0 aliphatic carbocycles. The predicted octanol–water partition coefficient (Wildman–Crippen LogP) is 2.40. The number of nitrogens with zero attached hydrogens (tertiary/aromatic N) is 2. The van der Waals surface area contributed by atoms with Crippen LogP contribution in [0.2, 0.25) is 0 Å². The molecule has 0 saturated carbocycles. The van der Waals surface area contributed by atoms with Crippen molar-refractivity contribution < 1.29 is 23.9 Å². The zero-order valence-electron chi connectivity index (χ0n) is 17.5. The molecule has 1 fully saturated rings. The van der Waals surface area contributed by atoms with Gasteiger partial charge in [-0.1, -0.05) is 6.07 Å². The maximum Gasteiger partial charge on any atom is 0.253 e. The van der Waals surface area contributed by atoms with Gasteiger partial charge in [0, 0.05) is 44.4 Å². The summed E-state index contributed by atoms with van der Waals surface area (Å²) in [6.45, 7) is 0.240. The average Bonchev–Trinajstić information content (AvgIpc) is 3.14. The van der Waals surface area contributed by atoms with E-state index in [9.17, 15) is 14.4 Å². The Labute approximate surface area is 175 Å². The van der Waals surface area contributed by atoms with Gasteiger partial charge in [0.1, 0.15) is 11.5 Å². The number of ether oxygens (including phenoxy) is 2. The van der Waals surface area contributed by atoms with Crippen LogP contribution in [0.15, 0.2) is 42.5 Å². The summed E-state index contributed by atoms with van der Waals surface area (Å²) < 4.78 is 10.6. The van der Waals surface area contributed by atoms with E-state index < -0.39 is 5.92 Å². The number of rotatable bonds is 6.